The molecule has 5 heteroatoms. The zero-order chi connectivity index (χ0) is 12.3. The van der Waals surface area contributed by atoms with E-state index in [9.17, 15) is 4.79 Å². The molecule has 0 aliphatic rings. The van der Waals surface area contributed by atoms with E-state index < -0.39 is 0 Å². The van der Waals surface area contributed by atoms with Crippen LogP contribution in [0.25, 0.3) is 0 Å². The van der Waals surface area contributed by atoms with E-state index in [1.165, 1.54) is 0 Å². The Labute approximate surface area is 103 Å². The highest BCUT2D eigenvalue weighted by Crippen LogP contribution is 2.14. The highest BCUT2D eigenvalue weighted by Gasteiger charge is 2.03. The van der Waals surface area contributed by atoms with Gasteiger partial charge in [0.05, 0.1) is 6.54 Å². The second-order valence-corrected chi connectivity index (χ2v) is 4.58. The van der Waals surface area contributed by atoms with Gasteiger partial charge < -0.3 is 9.67 Å². The molecule has 17 heavy (non-hydrogen) atoms. The topological polar surface area (TPSA) is 47.2 Å². The minimum absolute atomic E-state index is 0.0265. The Balaban J connectivity index is 2.17. The van der Waals surface area contributed by atoms with E-state index >= 15 is 0 Å². The number of rotatable bonds is 2. The summed E-state index contributed by atoms with van der Waals surface area (Å²) in [6.45, 7) is 0.425. The van der Waals surface area contributed by atoms with Crippen molar-refractivity contribution in [1.82, 2.24) is 9.13 Å². The molecule has 0 aliphatic heterocycles. The smallest absolute Gasteiger partial charge is 0.328 e. The Morgan fingerprint density at radius 1 is 1.47 bits per heavy atom. The molecular weight excluding hydrogens is 236 g/mol. The van der Waals surface area contributed by atoms with Gasteiger partial charge in [-0.05, 0) is 6.07 Å². The first-order chi connectivity index (χ1) is 8.20. The molecule has 0 aliphatic carbocycles. The van der Waals surface area contributed by atoms with Gasteiger partial charge in [-0.2, -0.15) is 0 Å². The molecule has 0 spiro atoms. The number of imidazole rings is 1. The van der Waals surface area contributed by atoms with Crippen LogP contribution in [0.4, 0.5) is 0 Å². The Kier molecular flexibility index (Phi) is 3.47. The Morgan fingerprint density at radius 3 is 2.94 bits per heavy atom. The molecule has 0 unspecified atom stereocenters. The lowest BCUT2D eigenvalue weighted by molar-refractivity contribution is 0.350. The summed E-state index contributed by atoms with van der Waals surface area (Å²) >= 11 is 1.56. The van der Waals surface area contributed by atoms with Gasteiger partial charge in [0.25, 0.3) is 0 Å². The average molecular weight is 248 g/mol. The third kappa shape index (κ3) is 2.67. The number of aromatic nitrogens is 2. The molecule has 0 bridgehead atoms. The fourth-order valence-corrected chi connectivity index (χ4v) is 2.28. The summed E-state index contributed by atoms with van der Waals surface area (Å²) in [5.41, 5.74) is 0.851. The van der Waals surface area contributed by atoms with E-state index in [2.05, 4.69) is 11.8 Å². The van der Waals surface area contributed by atoms with Crippen molar-refractivity contribution in [2.24, 2.45) is 7.05 Å². The molecular formula is C12H12N2O2S. The first kappa shape index (κ1) is 11.7. The molecule has 0 saturated heterocycles. The van der Waals surface area contributed by atoms with Gasteiger partial charge in [0.1, 0.15) is 6.61 Å². The standard InChI is InChI=1S/C12H12N2O2S/c1-13-4-5-14(12(13)16)8-11-7-10(9-17-11)3-2-6-15/h4-5,7,9,15H,6,8H2,1H3. The number of aryl methyl sites for hydroxylation is 1. The van der Waals surface area contributed by atoms with E-state index in [0.29, 0.717) is 6.54 Å². The zero-order valence-electron chi connectivity index (χ0n) is 9.38. The average Bonchev–Trinajstić information content (AvgIpc) is 2.89. The third-order valence-corrected chi connectivity index (χ3v) is 3.23. The highest BCUT2D eigenvalue weighted by molar-refractivity contribution is 7.10. The third-order valence-electron chi connectivity index (χ3n) is 2.31. The maximum Gasteiger partial charge on any atom is 0.328 e. The second kappa shape index (κ2) is 5.04. The first-order valence-electron chi connectivity index (χ1n) is 5.09. The van der Waals surface area contributed by atoms with Gasteiger partial charge in [-0.15, -0.1) is 11.3 Å². The van der Waals surface area contributed by atoms with Crippen LogP contribution in [0, 0.1) is 11.8 Å². The number of hydrogen-bond acceptors (Lipinski definition) is 3. The van der Waals surface area contributed by atoms with Crippen molar-refractivity contribution in [3.8, 4) is 11.8 Å². The van der Waals surface area contributed by atoms with E-state index in [0.717, 1.165) is 10.4 Å². The maximum atomic E-state index is 11.6. The maximum absolute atomic E-state index is 11.6. The SMILES string of the molecule is Cn1ccn(Cc2cc(C#CCO)cs2)c1=O. The van der Waals surface area contributed by atoms with Gasteiger partial charge in [-0.1, -0.05) is 11.8 Å². The molecule has 2 aromatic rings. The lowest BCUT2D eigenvalue weighted by atomic mass is 10.3. The normalized spacial score (nSPS) is 10.0. The van der Waals surface area contributed by atoms with Crippen molar-refractivity contribution in [2.45, 2.75) is 6.54 Å². The summed E-state index contributed by atoms with van der Waals surface area (Å²) in [4.78, 5) is 12.7. The number of aliphatic hydroxyl groups excluding tert-OH is 1. The van der Waals surface area contributed by atoms with Crippen molar-refractivity contribution in [3.05, 3.63) is 44.8 Å². The molecule has 0 saturated carbocycles. The van der Waals surface area contributed by atoms with Gasteiger partial charge in [-0.25, -0.2) is 4.79 Å². The summed E-state index contributed by atoms with van der Waals surface area (Å²) in [6, 6.07) is 1.94. The van der Waals surface area contributed by atoms with E-state index in [1.807, 2.05) is 11.4 Å². The minimum atomic E-state index is -0.136. The summed E-state index contributed by atoms with van der Waals surface area (Å²) in [5.74, 6) is 5.43. The van der Waals surface area contributed by atoms with Crippen molar-refractivity contribution in [1.29, 1.82) is 0 Å². The summed E-state index contributed by atoms with van der Waals surface area (Å²) in [6.07, 6.45) is 3.50. The van der Waals surface area contributed by atoms with Crippen molar-refractivity contribution >= 4 is 11.3 Å². The van der Waals surface area contributed by atoms with Crippen LogP contribution in [0.5, 0.6) is 0 Å². The summed E-state index contributed by atoms with van der Waals surface area (Å²) < 4.78 is 3.19. The van der Waals surface area contributed by atoms with Crippen LogP contribution in [-0.4, -0.2) is 20.8 Å². The van der Waals surface area contributed by atoms with E-state index in [1.54, 1.807) is 39.9 Å². The quantitative estimate of drug-likeness (QED) is 0.793. The predicted molar refractivity (Wildman–Crippen MR) is 67.1 cm³/mol. The van der Waals surface area contributed by atoms with Crippen LogP contribution >= 0.6 is 11.3 Å². The molecule has 2 aromatic heterocycles. The number of nitrogens with zero attached hydrogens (tertiary/aromatic N) is 2. The van der Waals surface area contributed by atoms with Crippen molar-refractivity contribution in [3.63, 3.8) is 0 Å². The first-order valence-corrected chi connectivity index (χ1v) is 5.97. The largest absolute Gasteiger partial charge is 0.384 e. The predicted octanol–water partition coefficient (Wildman–Crippen LogP) is 0.640. The molecule has 0 radical (unpaired) electrons. The molecule has 0 aromatic carbocycles. The van der Waals surface area contributed by atoms with Gasteiger partial charge in [0, 0.05) is 35.3 Å². The number of hydrogen-bond donors (Lipinski definition) is 1. The van der Waals surface area contributed by atoms with Crippen LogP contribution in [0.15, 0.2) is 28.6 Å². The molecule has 2 rings (SSSR count). The molecule has 4 nitrogen and oxygen atoms in total. The van der Waals surface area contributed by atoms with Crippen LogP contribution in [0.2, 0.25) is 0 Å². The van der Waals surface area contributed by atoms with Crippen LogP contribution in [-0.2, 0) is 13.6 Å². The summed E-state index contributed by atoms with van der Waals surface area (Å²) in [5, 5.41) is 10.5. The Bertz CT molecular complexity index is 625. The monoisotopic (exact) mass is 248 g/mol. The fraction of sp³-hybridized carbons (Fsp3) is 0.250. The summed E-state index contributed by atoms with van der Waals surface area (Å²) in [7, 11) is 1.73. The fourth-order valence-electron chi connectivity index (χ4n) is 1.47. The molecule has 0 fully saturated rings. The molecule has 88 valence electrons. The van der Waals surface area contributed by atoms with E-state index in [4.69, 9.17) is 5.11 Å². The molecule has 2 heterocycles. The van der Waals surface area contributed by atoms with Gasteiger partial charge in [0.2, 0.25) is 0 Å². The van der Waals surface area contributed by atoms with E-state index in [-0.39, 0.29) is 12.3 Å². The van der Waals surface area contributed by atoms with Crippen LogP contribution in [0.3, 0.4) is 0 Å². The van der Waals surface area contributed by atoms with Crippen LogP contribution in [0.1, 0.15) is 10.4 Å². The highest BCUT2D eigenvalue weighted by atomic mass is 32.1. The molecule has 0 amide bonds. The van der Waals surface area contributed by atoms with Gasteiger partial charge >= 0.3 is 5.69 Å². The molecule has 1 N–H and O–H groups in total. The van der Waals surface area contributed by atoms with Crippen LogP contribution < -0.4 is 5.69 Å². The van der Waals surface area contributed by atoms with Crippen molar-refractivity contribution in [2.75, 3.05) is 6.61 Å². The molecule has 0 atom stereocenters. The number of thiophene rings is 1. The van der Waals surface area contributed by atoms with Gasteiger partial charge in [-0.3, -0.25) is 4.57 Å². The Hall–Kier alpha value is -1.77. The second-order valence-electron chi connectivity index (χ2n) is 3.58. The lowest BCUT2D eigenvalue weighted by Crippen LogP contribution is -2.21. The van der Waals surface area contributed by atoms with Gasteiger partial charge in [0.15, 0.2) is 0 Å². The van der Waals surface area contributed by atoms with Crippen molar-refractivity contribution < 1.29 is 5.11 Å². The number of aliphatic hydroxyl groups is 1. The minimum Gasteiger partial charge on any atom is -0.384 e. The Morgan fingerprint density at radius 2 is 2.29 bits per heavy atom. The zero-order valence-corrected chi connectivity index (χ0v) is 10.2. The lowest BCUT2D eigenvalue weighted by Gasteiger charge is -1.96.